The van der Waals surface area contributed by atoms with Crippen molar-refractivity contribution in [1.29, 1.82) is 5.26 Å². The van der Waals surface area contributed by atoms with Crippen LogP contribution in [0.1, 0.15) is 12.0 Å². The number of nitrogens with one attached hydrogen (secondary N) is 1. The first kappa shape index (κ1) is 16.7. The van der Waals surface area contributed by atoms with Gasteiger partial charge in [-0.3, -0.25) is 4.79 Å². The molecular formula is C14H13BrN2O4. The number of hydrogen-bond donors (Lipinski definition) is 2. The van der Waals surface area contributed by atoms with Crippen molar-refractivity contribution in [3.63, 3.8) is 0 Å². The van der Waals surface area contributed by atoms with E-state index in [1.807, 2.05) is 6.07 Å². The molecule has 7 heteroatoms. The summed E-state index contributed by atoms with van der Waals surface area (Å²) in [5.74, 6) is -1.05. The minimum Gasteiger partial charge on any atom is -0.482 e. The Kier molecular flexibility index (Phi) is 6.98. The van der Waals surface area contributed by atoms with Crippen LogP contribution in [0.5, 0.6) is 5.75 Å². The highest BCUT2D eigenvalue weighted by atomic mass is 79.9. The average molecular weight is 353 g/mol. The molecule has 1 aromatic rings. The first-order chi connectivity index (χ1) is 10.0. The number of carboxylic acids is 1. The van der Waals surface area contributed by atoms with Gasteiger partial charge in [0.05, 0.1) is 17.0 Å². The lowest BCUT2D eigenvalue weighted by Crippen LogP contribution is -2.29. The van der Waals surface area contributed by atoms with Crippen LogP contribution in [0.3, 0.4) is 0 Å². The van der Waals surface area contributed by atoms with Crippen LogP contribution in [-0.4, -0.2) is 30.1 Å². The molecule has 0 fully saturated rings. The molecule has 0 aromatic heterocycles. The van der Waals surface area contributed by atoms with E-state index >= 15 is 0 Å². The van der Waals surface area contributed by atoms with Crippen LogP contribution < -0.4 is 10.1 Å². The summed E-state index contributed by atoms with van der Waals surface area (Å²) in [5, 5.41) is 19.5. The number of carbonyl (C=O) groups excluding carboxylic acids is 1. The SMILES string of the molecule is N#CCCNC(=O)COc1c(Br)cccc1C=CC(=O)O. The fourth-order valence-corrected chi connectivity index (χ4v) is 1.91. The molecule has 0 radical (unpaired) electrons. The van der Waals surface area contributed by atoms with E-state index in [2.05, 4.69) is 21.2 Å². The third kappa shape index (κ3) is 6.10. The minimum absolute atomic E-state index is 0.220. The van der Waals surface area contributed by atoms with Gasteiger partial charge in [0.2, 0.25) is 0 Å². The number of ether oxygens (including phenoxy) is 1. The van der Waals surface area contributed by atoms with Crippen molar-refractivity contribution in [2.24, 2.45) is 0 Å². The predicted octanol–water partition coefficient (Wildman–Crippen LogP) is 1.96. The molecule has 0 unspecified atom stereocenters. The highest BCUT2D eigenvalue weighted by molar-refractivity contribution is 9.10. The summed E-state index contributed by atoms with van der Waals surface area (Å²) < 4.78 is 6.02. The Hall–Kier alpha value is -2.33. The number of amides is 1. The Morgan fingerprint density at radius 1 is 1.48 bits per heavy atom. The number of benzene rings is 1. The molecule has 0 aliphatic heterocycles. The number of nitriles is 1. The summed E-state index contributed by atoms with van der Waals surface area (Å²) in [7, 11) is 0. The maximum atomic E-state index is 11.5. The highest BCUT2D eigenvalue weighted by Crippen LogP contribution is 2.30. The summed E-state index contributed by atoms with van der Waals surface area (Å²) in [4.78, 5) is 22.1. The Balaban J connectivity index is 2.72. The predicted molar refractivity (Wildman–Crippen MR) is 79.5 cm³/mol. The number of nitrogens with zero attached hydrogens (tertiary/aromatic N) is 1. The molecule has 0 heterocycles. The number of para-hydroxylation sites is 1. The van der Waals surface area contributed by atoms with Crippen LogP contribution >= 0.6 is 15.9 Å². The van der Waals surface area contributed by atoms with Crippen LogP contribution in [0, 0.1) is 11.3 Å². The molecule has 0 saturated carbocycles. The maximum Gasteiger partial charge on any atom is 0.328 e. The number of halogens is 1. The molecule has 110 valence electrons. The first-order valence-electron chi connectivity index (χ1n) is 6.00. The molecule has 0 saturated heterocycles. The van der Waals surface area contributed by atoms with Crippen LogP contribution in [0.4, 0.5) is 0 Å². The molecule has 6 nitrogen and oxygen atoms in total. The van der Waals surface area contributed by atoms with E-state index in [1.165, 1.54) is 6.08 Å². The monoisotopic (exact) mass is 352 g/mol. The van der Waals surface area contributed by atoms with E-state index in [4.69, 9.17) is 15.1 Å². The molecule has 0 spiro atoms. The van der Waals surface area contributed by atoms with Gasteiger partial charge in [-0.2, -0.15) is 5.26 Å². The summed E-state index contributed by atoms with van der Waals surface area (Å²) in [6.07, 6.45) is 2.60. The molecule has 2 N–H and O–H groups in total. The lowest BCUT2D eigenvalue weighted by Gasteiger charge is -2.11. The lowest BCUT2D eigenvalue weighted by molar-refractivity contribution is -0.131. The van der Waals surface area contributed by atoms with Gasteiger partial charge in [0.25, 0.3) is 5.91 Å². The van der Waals surface area contributed by atoms with E-state index in [1.54, 1.807) is 18.2 Å². The molecule has 0 bridgehead atoms. The Labute approximate surface area is 130 Å². The minimum atomic E-state index is -1.07. The van der Waals surface area contributed by atoms with Gasteiger partial charge in [0.1, 0.15) is 5.75 Å². The van der Waals surface area contributed by atoms with Gasteiger partial charge in [-0.1, -0.05) is 12.1 Å². The van der Waals surface area contributed by atoms with Crippen molar-refractivity contribution in [1.82, 2.24) is 5.32 Å². The topological polar surface area (TPSA) is 99.4 Å². The van der Waals surface area contributed by atoms with Crippen LogP contribution in [0.15, 0.2) is 28.7 Å². The molecule has 1 aromatic carbocycles. The Morgan fingerprint density at radius 2 is 2.24 bits per heavy atom. The second-order valence-corrected chi connectivity index (χ2v) is 4.73. The third-order valence-electron chi connectivity index (χ3n) is 2.31. The van der Waals surface area contributed by atoms with Crippen LogP contribution in [0.2, 0.25) is 0 Å². The third-order valence-corrected chi connectivity index (χ3v) is 2.93. The van der Waals surface area contributed by atoms with Gasteiger partial charge in [-0.15, -0.1) is 0 Å². The number of hydrogen-bond acceptors (Lipinski definition) is 4. The van der Waals surface area contributed by atoms with Crippen LogP contribution in [0.25, 0.3) is 6.08 Å². The zero-order valence-corrected chi connectivity index (χ0v) is 12.6. The Morgan fingerprint density at radius 3 is 2.90 bits per heavy atom. The molecule has 1 amide bonds. The van der Waals surface area contributed by atoms with E-state index in [9.17, 15) is 9.59 Å². The zero-order valence-electron chi connectivity index (χ0n) is 11.0. The van der Waals surface area contributed by atoms with Crippen LogP contribution in [-0.2, 0) is 9.59 Å². The standard InChI is InChI=1S/C14H13BrN2O4/c15-11-4-1-3-10(5-6-13(19)20)14(11)21-9-12(18)17-8-2-7-16/h1,3-6H,2,8-9H2,(H,17,18)(H,19,20). The molecule has 1 rings (SSSR count). The summed E-state index contributed by atoms with van der Waals surface area (Å²) in [6.45, 7) is 0.0440. The molecule has 21 heavy (non-hydrogen) atoms. The fourth-order valence-electron chi connectivity index (χ4n) is 1.42. The van der Waals surface area contributed by atoms with Gasteiger partial charge in [0.15, 0.2) is 6.61 Å². The van der Waals surface area contributed by atoms with Crippen molar-refractivity contribution in [2.45, 2.75) is 6.42 Å². The van der Waals surface area contributed by atoms with Gasteiger partial charge in [-0.05, 0) is 28.1 Å². The quantitative estimate of drug-likeness (QED) is 0.577. The maximum absolute atomic E-state index is 11.5. The highest BCUT2D eigenvalue weighted by Gasteiger charge is 2.09. The van der Waals surface area contributed by atoms with E-state index < -0.39 is 5.97 Å². The van der Waals surface area contributed by atoms with Gasteiger partial charge in [0, 0.05) is 18.2 Å². The fraction of sp³-hybridized carbons (Fsp3) is 0.214. The largest absolute Gasteiger partial charge is 0.482 e. The van der Waals surface area contributed by atoms with Gasteiger partial charge in [-0.25, -0.2) is 4.79 Å². The first-order valence-corrected chi connectivity index (χ1v) is 6.80. The van der Waals surface area contributed by atoms with Gasteiger partial charge >= 0.3 is 5.97 Å². The smallest absolute Gasteiger partial charge is 0.328 e. The zero-order chi connectivity index (χ0) is 15.7. The van der Waals surface area contributed by atoms with Crippen molar-refractivity contribution in [3.05, 3.63) is 34.3 Å². The van der Waals surface area contributed by atoms with Crippen molar-refractivity contribution in [2.75, 3.05) is 13.2 Å². The number of carbonyl (C=O) groups is 2. The van der Waals surface area contributed by atoms with Crippen molar-refractivity contribution >= 4 is 33.9 Å². The van der Waals surface area contributed by atoms with Gasteiger partial charge < -0.3 is 15.2 Å². The van der Waals surface area contributed by atoms with Crippen molar-refractivity contribution < 1.29 is 19.4 Å². The van der Waals surface area contributed by atoms with E-state index in [0.29, 0.717) is 15.8 Å². The lowest BCUT2D eigenvalue weighted by atomic mass is 10.2. The average Bonchev–Trinajstić information content (AvgIpc) is 2.44. The second kappa shape index (κ2) is 8.76. The number of aliphatic carboxylic acids is 1. The molecular weight excluding hydrogens is 340 g/mol. The summed E-state index contributed by atoms with van der Waals surface area (Å²) >= 11 is 3.29. The molecule has 0 aliphatic carbocycles. The van der Waals surface area contributed by atoms with E-state index in [0.717, 1.165) is 6.08 Å². The molecule has 0 atom stereocenters. The number of rotatable bonds is 7. The summed E-state index contributed by atoms with van der Waals surface area (Å²) in [5.41, 5.74) is 0.539. The van der Waals surface area contributed by atoms with Crippen molar-refractivity contribution in [3.8, 4) is 11.8 Å². The van der Waals surface area contributed by atoms with E-state index in [-0.39, 0.29) is 25.5 Å². The molecule has 0 aliphatic rings. The summed E-state index contributed by atoms with van der Waals surface area (Å²) in [6, 6.07) is 7.04. The normalized spacial score (nSPS) is 10.1. The Bertz CT molecular complexity index is 593. The number of carboxylic acid groups (broad SMARTS) is 1. The second-order valence-electron chi connectivity index (χ2n) is 3.88.